The number of aromatic nitrogens is 5. The van der Waals surface area contributed by atoms with Crippen molar-refractivity contribution in [2.24, 2.45) is 5.92 Å². The van der Waals surface area contributed by atoms with E-state index in [1.54, 1.807) is 23.0 Å². The summed E-state index contributed by atoms with van der Waals surface area (Å²) < 4.78 is 29.9. The van der Waals surface area contributed by atoms with E-state index in [0.717, 1.165) is 25.4 Å². The van der Waals surface area contributed by atoms with Crippen LogP contribution in [0.4, 0.5) is 20.4 Å². The standard InChI is InChI=1S/C23H30F2N8O/c1-7-15-8-20(29-22(28-15)23(4,24)25)33-17-9-19(27-14(3)34)26-10-16(17)21(30-33)32-11-13(2)18(12-32)31(5)6/h8-10,13,18H,7,11-12H2,1-6H3,(H,26,27,34)/t13-,18?/m1/s1. The Morgan fingerprint density at radius 2 is 2.00 bits per heavy atom. The van der Waals surface area contributed by atoms with Gasteiger partial charge >= 0.3 is 5.92 Å². The van der Waals surface area contributed by atoms with Crippen molar-refractivity contribution < 1.29 is 13.6 Å². The minimum absolute atomic E-state index is 0.246. The Bertz CT molecular complexity index is 1220. The largest absolute Gasteiger partial charge is 0.353 e. The molecule has 1 N–H and O–H groups in total. The Morgan fingerprint density at radius 3 is 2.59 bits per heavy atom. The summed E-state index contributed by atoms with van der Waals surface area (Å²) in [6, 6.07) is 3.70. The van der Waals surface area contributed by atoms with Gasteiger partial charge in [-0.05, 0) is 26.4 Å². The zero-order chi connectivity index (χ0) is 24.8. The van der Waals surface area contributed by atoms with E-state index in [1.165, 1.54) is 6.92 Å². The minimum atomic E-state index is -3.20. The number of halogens is 2. The molecule has 1 aliphatic rings. The molecule has 1 aliphatic heterocycles. The summed E-state index contributed by atoms with van der Waals surface area (Å²) in [5.74, 6) is -2.30. The van der Waals surface area contributed by atoms with Crippen molar-refractivity contribution in [1.29, 1.82) is 0 Å². The number of likely N-dealkylation sites (N-methyl/N-ethyl adjacent to an activating group) is 1. The minimum Gasteiger partial charge on any atom is -0.353 e. The fourth-order valence-corrected chi connectivity index (χ4v) is 4.42. The van der Waals surface area contributed by atoms with E-state index >= 15 is 0 Å². The number of carbonyl (C=O) groups is 1. The monoisotopic (exact) mass is 472 g/mol. The van der Waals surface area contributed by atoms with Gasteiger partial charge in [0.25, 0.3) is 0 Å². The quantitative estimate of drug-likeness (QED) is 0.589. The van der Waals surface area contributed by atoms with E-state index in [-0.39, 0.29) is 11.7 Å². The number of pyridine rings is 1. The van der Waals surface area contributed by atoms with Gasteiger partial charge < -0.3 is 15.1 Å². The van der Waals surface area contributed by atoms with Crippen LogP contribution >= 0.6 is 0 Å². The van der Waals surface area contributed by atoms with Crippen LogP contribution in [0.5, 0.6) is 0 Å². The molecule has 1 saturated heterocycles. The molecule has 11 heteroatoms. The van der Waals surface area contributed by atoms with Crippen molar-refractivity contribution in [2.75, 3.05) is 37.4 Å². The van der Waals surface area contributed by atoms with Crippen LogP contribution in [0.1, 0.15) is 39.2 Å². The average Bonchev–Trinajstić information content (AvgIpc) is 3.32. The lowest BCUT2D eigenvalue weighted by Crippen LogP contribution is -2.34. The molecule has 1 unspecified atom stereocenters. The van der Waals surface area contributed by atoms with E-state index in [4.69, 9.17) is 5.10 Å². The highest BCUT2D eigenvalue weighted by Crippen LogP contribution is 2.34. The van der Waals surface area contributed by atoms with Gasteiger partial charge in [0.05, 0.1) is 10.9 Å². The number of nitrogens with zero attached hydrogens (tertiary/aromatic N) is 7. The van der Waals surface area contributed by atoms with E-state index in [2.05, 4.69) is 51.1 Å². The van der Waals surface area contributed by atoms with Crippen LogP contribution in [0.3, 0.4) is 0 Å². The van der Waals surface area contributed by atoms with Crippen LogP contribution < -0.4 is 10.2 Å². The summed E-state index contributed by atoms with van der Waals surface area (Å²) in [5, 5.41) is 8.25. The maximum atomic E-state index is 14.2. The number of amides is 1. The summed E-state index contributed by atoms with van der Waals surface area (Å²) in [7, 11) is 4.12. The van der Waals surface area contributed by atoms with Crippen molar-refractivity contribution in [3.63, 3.8) is 0 Å². The molecule has 2 atom stereocenters. The molecule has 3 aromatic heterocycles. The van der Waals surface area contributed by atoms with Crippen molar-refractivity contribution in [3.8, 4) is 5.82 Å². The molecule has 0 radical (unpaired) electrons. The molecule has 4 heterocycles. The molecule has 0 bridgehead atoms. The second-order valence-electron chi connectivity index (χ2n) is 9.20. The first-order valence-corrected chi connectivity index (χ1v) is 11.3. The third-order valence-electron chi connectivity index (χ3n) is 6.12. The molecule has 0 aromatic carbocycles. The summed E-state index contributed by atoms with van der Waals surface area (Å²) in [5.41, 5.74) is 1.10. The number of hydrogen-bond donors (Lipinski definition) is 1. The summed E-state index contributed by atoms with van der Waals surface area (Å²) in [6.45, 7) is 7.80. The summed E-state index contributed by atoms with van der Waals surface area (Å²) in [4.78, 5) is 28.6. The highest BCUT2D eigenvalue weighted by molar-refractivity contribution is 5.95. The molecule has 3 aromatic rings. The number of fused-ring (bicyclic) bond motifs is 1. The first-order chi connectivity index (χ1) is 16.0. The van der Waals surface area contributed by atoms with E-state index < -0.39 is 11.7 Å². The van der Waals surface area contributed by atoms with Gasteiger partial charge in [0, 0.05) is 57.0 Å². The zero-order valence-corrected chi connectivity index (χ0v) is 20.3. The lowest BCUT2D eigenvalue weighted by atomic mass is 10.1. The maximum Gasteiger partial charge on any atom is 0.303 e. The average molecular weight is 473 g/mol. The zero-order valence-electron chi connectivity index (χ0n) is 20.3. The molecule has 0 aliphatic carbocycles. The molecule has 0 saturated carbocycles. The lowest BCUT2D eigenvalue weighted by molar-refractivity contribution is -0.114. The van der Waals surface area contributed by atoms with Gasteiger partial charge in [0.15, 0.2) is 11.6 Å². The van der Waals surface area contributed by atoms with Crippen LogP contribution in [0.15, 0.2) is 18.3 Å². The first-order valence-electron chi connectivity index (χ1n) is 11.3. The van der Waals surface area contributed by atoms with Crippen molar-refractivity contribution in [2.45, 2.75) is 46.1 Å². The normalized spacial score (nSPS) is 18.8. The molecular formula is C23H30F2N8O. The van der Waals surface area contributed by atoms with Gasteiger partial charge in [-0.1, -0.05) is 13.8 Å². The third-order valence-corrected chi connectivity index (χ3v) is 6.12. The fourth-order valence-electron chi connectivity index (χ4n) is 4.42. The predicted molar refractivity (Wildman–Crippen MR) is 127 cm³/mol. The third kappa shape index (κ3) is 4.56. The molecule has 1 fully saturated rings. The SMILES string of the molecule is CCc1cc(-n2nc(N3CC(N(C)C)[C@H](C)C3)c3cnc(NC(C)=O)cc32)nc(C(C)(F)F)n1. The van der Waals surface area contributed by atoms with Gasteiger partial charge in [-0.3, -0.25) is 4.79 Å². The topological polar surface area (TPSA) is 92.1 Å². The molecule has 182 valence electrons. The highest BCUT2D eigenvalue weighted by atomic mass is 19.3. The molecule has 34 heavy (non-hydrogen) atoms. The van der Waals surface area contributed by atoms with Crippen molar-refractivity contribution >= 4 is 28.4 Å². The molecular weight excluding hydrogens is 442 g/mol. The van der Waals surface area contributed by atoms with Crippen LogP contribution in [0.2, 0.25) is 0 Å². The smallest absolute Gasteiger partial charge is 0.303 e. The molecule has 1 amide bonds. The Kier molecular flexibility index (Phi) is 6.24. The number of hydrogen-bond acceptors (Lipinski definition) is 7. The number of anilines is 2. The number of rotatable bonds is 6. The Balaban J connectivity index is 1.90. The van der Waals surface area contributed by atoms with Crippen molar-refractivity contribution in [1.82, 2.24) is 29.6 Å². The van der Waals surface area contributed by atoms with Crippen LogP contribution in [-0.2, 0) is 17.1 Å². The van der Waals surface area contributed by atoms with E-state index in [1.807, 2.05) is 6.92 Å². The van der Waals surface area contributed by atoms with Crippen LogP contribution in [-0.4, -0.2) is 68.8 Å². The fraction of sp³-hybridized carbons (Fsp3) is 0.522. The molecule has 0 spiro atoms. The Hall–Kier alpha value is -3.21. The van der Waals surface area contributed by atoms with E-state index in [9.17, 15) is 13.6 Å². The predicted octanol–water partition coefficient (Wildman–Crippen LogP) is 3.23. The number of alkyl halides is 2. The Labute approximate surface area is 197 Å². The molecule has 4 rings (SSSR count). The van der Waals surface area contributed by atoms with Gasteiger partial charge in [-0.25, -0.2) is 19.6 Å². The number of aryl methyl sites for hydroxylation is 1. The van der Waals surface area contributed by atoms with Gasteiger partial charge in [0.1, 0.15) is 5.82 Å². The maximum absolute atomic E-state index is 14.2. The number of carbonyl (C=O) groups excluding carboxylic acids is 1. The second kappa shape index (κ2) is 8.86. The summed E-state index contributed by atoms with van der Waals surface area (Å²) >= 11 is 0. The lowest BCUT2D eigenvalue weighted by Gasteiger charge is -2.22. The molecule has 9 nitrogen and oxygen atoms in total. The second-order valence-corrected chi connectivity index (χ2v) is 9.20. The Morgan fingerprint density at radius 1 is 1.26 bits per heavy atom. The van der Waals surface area contributed by atoms with E-state index in [0.29, 0.717) is 41.2 Å². The van der Waals surface area contributed by atoms with Gasteiger partial charge in [-0.15, -0.1) is 5.10 Å². The van der Waals surface area contributed by atoms with Gasteiger partial charge in [-0.2, -0.15) is 8.78 Å². The number of nitrogens with one attached hydrogen (secondary N) is 1. The van der Waals surface area contributed by atoms with Crippen LogP contribution in [0, 0.1) is 5.92 Å². The highest BCUT2D eigenvalue weighted by Gasteiger charge is 2.34. The summed E-state index contributed by atoms with van der Waals surface area (Å²) in [6.07, 6.45) is 2.13. The first kappa shape index (κ1) is 23.9. The van der Waals surface area contributed by atoms with Crippen molar-refractivity contribution in [3.05, 3.63) is 29.8 Å². The van der Waals surface area contributed by atoms with Crippen LogP contribution in [0.25, 0.3) is 16.7 Å². The van der Waals surface area contributed by atoms with Gasteiger partial charge in [0.2, 0.25) is 11.7 Å².